The fourth-order valence-corrected chi connectivity index (χ4v) is 5.96. The van der Waals surface area contributed by atoms with E-state index in [-0.39, 0.29) is 11.9 Å². The predicted octanol–water partition coefficient (Wildman–Crippen LogP) is 4.66. The van der Waals surface area contributed by atoms with Crippen molar-refractivity contribution in [2.45, 2.75) is 26.3 Å². The molecule has 6 rings (SSSR count). The fraction of sp³-hybridized carbons (Fsp3) is 0.310. The molecule has 3 aliphatic heterocycles. The van der Waals surface area contributed by atoms with Gasteiger partial charge in [-0.3, -0.25) is 4.79 Å². The van der Waals surface area contributed by atoms with Gasteiger partial charge in [-0.15, -0.1) is 0 Å². The summed E-state index contributed by atoms with van der Waals surface area (Å²) in [5.41, 5.74) is 5.78. The Morgan fingerprint density at radius 2 is 1.63 bits per heavy atom. The van der Waals surface area contributed by atoms with E-state index in [1.54, 1.807) is 12.1 Å². The zero-order chi connectivity index (χ0) is 24.2. The summed E-state index contributed by atoms with van der Waals surface area (Å²) in [6.45, 7) is 6.57. The third-order valence-electron chi connectivity index (χ3n) is 7.91. The van der Waals surface area contributed by atoms with Crippen LogP contribution in [0.15, 0.2) is 77.9 Å². The molecule has 6 heteroatoms. The van der Waals surface area contributed by atoms with Gasteiger partial charge in [0.05, 0.1) is 24.6 Å². The number of hydrogen-bond donors (Lipinski definition) is 0. The van der Waals surface area contributed by atoms with E-state index < -0.39 is 5.41 Å². The minimum absolute atomic E-state index is 0.0139. The van der Waals surface area contributed by atoms with Gasteiger partial charge in [-0.05, 0) is 68.3 Å². The van der Waals surface area contributed by atoms with Crippen molar-refractivity contribution in [1.29, 1.82) is 0 Å². The Morgan fingerprint density at radius 1 is 0.914 bits per heavy atom. The highest BCUT2D eigenvalue weighted by molar-refractivity contribution is 6.20. The Morgan fingerprint density at radius 3 is 2.37 bits per heavy atom. The summed E-state index contributed by atoms with van der Waals surface area (Å²) in [6.07, 6.45) is 0.664. The van der Waals surface area contributed by atoms with Gasteiger partial charge in [-0.1, -0.05) is 35.9 Å². The van der Waals surface area contributed by atoms with Crippen molar-refractivity contribution in [3.05, 3.63) is 83.9 Å². The molecule has 0 radical (unpaired) electrons. The molecule has 6 nitrogen and oxygen atoms in total. The first-order chi connectivity index (χ1) is 17.0. The lowest BCUT2D eigenvalue weighted by molar-refractivity contribution is -0.125. The lowest BCUT2D eigenvalue weighted by atomic mass is 9.67. The van der Waals surface area contributed by atoms with Gasteiger partial charge in [-0.25, -0.2) is 0 Å². The Hall–Kier alpha value is -3.80. The standard InChI is InChI=1S/C29H30N4O2/c1-20-8-10-24(11-9-20)33-28(34)29(21(2)30-33)18-22-6-4-5-7-26(22)32-17-16-31(19-27(29)32)23-12-14-25(35-3)15-13-23/h4-15,27H,16-19H2,1-3H3/t27-,29-/m1/s1. The number of rotatable bonds is 3. The van der Waals surface area contributed by atoms with Crippen LogP contribution in [0.2, 0.25) is 0 Å². The maximum Gasteiger partial charge on any atom is 0.261 e. The molecule has 0 aliphatic carbocycles. The number of carbonyl (C=O) groups is 1. The first kappa shape index (κ1) is 21.7. The normalized spacial score (nSPS) is 23.3. The third-order valence-corrected chi connectivity index (χ3v) is 7.91. The maximum atomic E-state index is 14.3. The van der Waals surface area contributed by atoms with Gasteiger partial charge in [0, 0.05) is 31.0 Å². The van der Waals surface area contributed by atoms with Gasteiger partial charge in [0.15, 0.2) is 0 Å². The summed E-state index contributed by atoms with van der Waals surface area (Å²) in [4.78, 5) is 19.2. The number of fused-ring (bicyclic) bond motifs is 4. The highest BCUT2D eigenvalue weighted by Crippen LogP contribution is 2.48. The van der Waals surface area contributed by atoms with Crippen molar-refractivity contribution in [2.24, 2.45) is 10.5 Å². The summed E-state index contributed by atoms with van der Waals surface area (Å²) in [5.74, 6) is 0.915. The lowest BCUT2D eigenvalue weighted by Crippen LogP contribution is -2.67. The van der Waals surface area contributed by atoms with Crippen molar-refractivity contribution >= 4 is 28.7 Å². The Bertz CT molecular complexity index is 1300. The number of hydrogen-bond acceptors (Lipinski definition) is 5. The van der Waals surface area contributed by atoms with Gasteiger partial charge in [0.2, 0.25) is 0 Å². The van der Waals surface area contributed by atoms with Crippen LogP contribution >= 0.6 is 0 Å². The Labute approximate surface area is 206 Å². The molecule has 3 aromatic rings. The maximum absolute atomic E-state index is 14.3. The number of aryl methyl sites for hydroxylation is 1. The van der Waals surface area contributed by atoms with E-state index >= 15 is 0 Å². The highest BCUT2D eigenvalue weighted by Gasteiger charge is 2.59. The minimum atomic E-state index is -0.704. The molecular formula is C29H30N4O2. The number of amides is 1. The van der Waals surface area contributed by atoms with Crippen LogP contribution in [0.5, 0.6) is 5.75 Å². The van der Waals surface area contributed by atoms with Crippen LogP contribution in [0.3, 0.4) is 0 Å². The summed E-state index contributed by atoms with van der Waals surface area (Å²) >= 11 is 0. The van der Waals surface area contributed by atoms with Crippen molar-refractivity contribution in [2.75, 3.05) is 41.6 Å². The van der Waals surface area contributed by atoms with Gasteiger partial charge in [-0.2, -0.15) is 10.1 Å². The molecule has 3 heterocycles. The number of nitrogens with zero attached hydrogens (tertiary/aromatic N) is 4. The molecule has 1 fully saturated rings. The van der Waals surface area contributed by atoms with Crippen LogP contribution in [0.4, 0.5) is 17.1 Å². The van der Waals surface area contributed by atoms with Crippen molar-refractivity contribution in [1.82, 2.24) is 0 Å². The second-order valence-electron chi connectivity index (χ2n) is 9.77. The summed E-state index contributed by atoms with van der Waals surface area (Å²) in [6, 6.07) is 24.8. The van der Waals surface area contributed by atoms with Gasteiger partial charge in [0.25, 0.3) is 5.91 Å². The van der Waals surface area contributed by atoms with Crippen LogP contribution in [0.1, 0.15) is 18.1 Å². The Balaban J connectivity index is 1.42. The molecular weight excluding hydrogens is 436 g/mol. The van der Waals surface area contributed by atoms with E-state index in [9.17, 15) is 4.79 Å². The largest absolute Gasteiger partial charge is 0.497 e. The van der Waals surface area contributed by atoms with Crippen LogP contribution in [-0.4, -0.2) is 44.4 Å². The lowest BCUT2D eigenvalue weighted by Gasteiger charge is -2.53. The van der Waals surface area contributed by atoms with Crippen LogP contribution in [-0.2, 0) is 11.2 Å². The van der Waals surface area contributed by atoms with E-state index in [0.29, 0.717) is 6.42 Å². The van der Waals surface area contributed by atoms with Crippen molar-refractivity contribution in [3.63, 3.8) is 0 Å². The SMILES string of the molecule is COc1ccc(N2CCN3c4ccccc4C[C@]4(C(=O)N(c5ccc(C)cc5)N=C4C)[C@H]3C2)cc1. The first-order valence-corrected chi connectivity index (χ1v) is 12.2. The summed E-state index contributed by atoms with van der Waals surface area (Å²) in [5, 5.41) is 6.50. The fourth-order valence-electron chi connectivity index (χ4n) is 5.96. The average molecular weight is 467 g/mol. The quantitative estimate of drug-likeness (QED) is 0.563. The molecule has 3 aromatic carbocycles. The zero-order valence-electron chi connectivity index (χ0n) is 20.4. The van der Waals surface area contributed by atoms with Gasteiger partial charge >= 0.3 is 0 Å². The molecule has 0 aromatic heterocycles. The first-order valence-electron chi connectivity index (χ1n) is 12.2. The van der Waals surface area contributed by atoms with Crippen molar-refractivity contribution in [3.8, 4) is 5.75 Å². The van der Waals surface area contributed by atoms with Crippen molar-refractivity contribution < 1.29 is 9.53 Å². The second-order valence-corrected chi connectivity index (χ2v) is 9.77. The second kappa shape index (κ2) is 8.15. The molecule has 0 unspecified atom stereocenters. The van der Waals surface area contributed by atoms with Gasteiger partial charge < -0.3 is 14.5 Å². The Kier molecular flexibility index (Phi) is 5.06. The summed E-state index contributed by atoms with van der Waals surface area (Å²) in [7, 11) is 1.69. The molecule has 2 atom stereocenters. The molecule has 3 aliphatic rings. The number of methoxy groups -OCH3 is 1. The molecule has 1 amide bonds. The number of ether oxygens (including phenoxy) is 1. The molecule has 0 N–H and O–H groups in total. The highest BCUT2D eigenvalue weighted by atomic mass is 16.5. The van der Waals surface area contributed by atoms with Crippen LogP contribution < -0.4 is 19.5 Å². The number of anilines is 3. The average Bonchev–Trinajstić information content (AvgIpc) is 3.14. The molecule has 0 bridgehead atoms. The molecule has 178 valence electrons. The number of benzene rings is 3. The third kappa shape index (κ3) is 3.31. The van der Waals surface area contributed by atoms with E-state index in [2.05, 4.69) is 53.1 Å². The number of piperazine rings is 1. The molecule has 1 spiro atoms. The van der Waals surface area contributed by atoms with Gasteiger partial charge in [0.1, 0.15) is 11.2 Å². The molecule has 1 saturated heterocycles. The number of carbonyl (C=O) groups excluding carboxylic acids is 1. The number of para-hydroxylation sites is 1. The van der Waals surface area contributed by atoms with E-state index in [4.69, 9.17) is 9.84 Å². The minimum Gasteiger partial charge on any atom is -0.497 e. The summed E-state index contributed by atoms with van der Waals surface area (Å²) < 4.78 is 5.35. The predicted molar refractivity (Wildman–Crippen MR) is 141 cm³/mol. The van der Waals surface area contributed by atoms with Crippen LogP contribution in [0, 0.1) is 12.3 Å². The van der Waals surface area contributed by atoms with Crippen LogP contribution in [0.25, 0.3) is 0 Å². The number of hydrazone groups is 1. The van der Waals surface area contributed by atoms with E-state index in [0.717, 1.165) is 48.0 Å². The zero-order valence-corrected chi connectivity index (χ0v) is 20.4. The molecule has 35 heavy (non-hydrogen) atoms. The molecule has 0 saturated carbocycles. The van der Waals surface area contributed by atoms with E-state index in [1.165, 1.54) is 11.3 Å². The van der Waals surface area contributed by atoms with E-state index in [1.807, 2.05) is 43.3 Å². The monoisotopic (exact) mass is 466 g/mol. The topological polar surface area (TPSA) is 48.4 Å². The smallest absolute Gasteiger partial charge is 0.261 e.